The summed E-state index contributed by atoms with van der Waals surface area (Å²) in [5, 5.41) is 3.65. The maximum Gasteiger partial charge on any atom is 0.276 e. The van der Waals surface area contributed by atoms with Gasteiger partial charge in [-0.05, 0) is 18.6 Å². The molecule has 0 saturated carbocycles. The number of nitrogens with two attached hydrogens (primary N) is 1. The van der Waals surface area contributed by atoms with Gasteiger partial charge in [0.2, 0.25) is 0 Å². The summed E-state index contributed by atoms with van der Waals surface area (Å²) in [5.74, 6) is -0.158. The topological polar surface area (TPSA) is 72.4 Å². The second-order valence-corrected chi connectivity index (χ2v) is 3.90. The van der Waals surface area contributed by atoms with Gasteiger partial charge in [0.05, 0.1) is 0 Å². The van der Waals surface area contributed by atoms with Crippen LogP contribution in [-0.4, -0.2) is 22.5 Å². The summed E-state index contributed by atoms with van der Waals surface area (Å²) < 4.78 is 4.68. The number of carbonyl (C=O) groups is 1. The van der Waals surface area contributed by atoms with Crippen molar-refractivity contribution in [2.75, 3.05) is 12.3 Å². The minimum absolute atomic E-state index is 0.158. The molecule has 1 heterocycles. The van der Waals surface area contributed by atoms with E-state index in [9.17, 15) is 4.79 Å². The van der Waals surface area contributed by atoms with Crippen molar-refractivity contribution in [1.29, 1.82) is 0 Å². The number of anilines is 1. The molecule has 0 aliphatic heterocycles. The molecular weight excluding hydrogens is 230 g/mol. The van der Waals surface area contributed by atoms with Crippen LogP contribution >= 0.6 is 0 Å². The zero-order valence-corrected chi connectivity index (χ0v) is 10.2. The van der Waals surface area contributed by atoms with Gasteiger partial charge in [0.25, 0.3) is 5.91 Å². The Hall–Kier alpha value is -2.30. The molecule has 1 aromatic heterocycles. The quantitative estimate of drug-likeness (QED) is 0.835. The molecule has 0 bridgehead atoms. The largest absolute Gasteiger partial charge is 0.398 e. The highest BCUT2D eigenvalue weighted by Gasteiger charge is 2.17. The molecule has 0 radical (unpaired) electrons. The van der Waals surface area contributed by atoms with Crippen molar-refractivity contribution in [3.05, 3.63) is 47.9 Å². The van der Waals surface area contributed by atoms with Crippen LogP contribution in [0.1, 0.15) is 23.0 Å². The average Bonchev–Trinajstić information content (AvgIpc) is 2.91. The third kappa shape index (κ3) is 2.51. The molecule has 1 amide bonds. The molecule has 5 nitrogen and oxygen atoms in total. The molecule has 0 fully saturated rings. The first-order valence-corrected chi connectivity index (χ1v) is 5.75. The van der Waals surface area contributed by atoms with Crippen molar-refractivity contribution in [3.8, 4) is 0 Å². The van der Waals surface area contributed by atoms with Gasteiger partial charge < -0.3 is 15.2 Å². The van der Waals surface area contributed by atoms with Crippen LogP contribution in [0.5, 0.6) is 0 Å². The predicted molar refractivity (Wildman–Crippen MR) is 67.8 cm³/mol. The number of nitrogens with zero attached hydrogens (tertiary/aromatic N) is 2. The lowest BCUT2D eigenvalue weighted by Crippen LogP contribution is -2.30. The summed E-state index contributed by atoms with van der Waals surface area (Å²) in [7, 11) is 0. The summed E-state index contributed by atoms with van der Waals surface area (Å²) in [6, 6.07) is 9.06. The van der Waals surface area contributed by atoms with Crippen molar-refractivity contribution in [2.24, 2.45) is 0 Å². The summed E-state index contributed by atoms with van der Waals surface area (Å²) in [6.07, 6.45) is 1.39. The first-order chi connectivity index (χ1) is 8.72. The van der Waals surface area contributed by atoms with Crippen molar-refractivity contribution < 1.29 is 9.32 Å². The Labute approximate surface area is 105 Å². The molecule has 5 heteroatoms. The van der Waals surface area contributed by atoms with E-state index in [-0.39, 0.29) is 5.91 Å². The fourth-order valence-corrected chi connectivity index (χ4v) is 1.70. The Morgan fingerprint density at radius 2 is 2.17 bits per heavy atom. The van der Waals surface area contributed by atoms with E-state index in [2.05, 4.69) is 9.68 Å². The average molecular weight is 245 g/mol. The standard InChI is InChI=1S/C13H15N3O2/c1-2-16(13(17)12-7-8-18-15-12)9-10-5-3-4-6-11(10)14/h3-8H,2,9,14H2,1H3. The first-order valence-electron chi connectivity index (χ1n) is 5.75. The molecule has 0 aliphatic rings. The smallest absolute Gasteiger partial charge is 0.276 e. The molecule has 1 aromatic carbocycles. The summed E-state index contributed by atoms with van der Waals surface area (Å²) >= 11 is 0. The van der Waals surface area contributed by atoms with E-state index in [0.717, 1.165) is 5.56 Å². The predicted octanol–water partition coefficient (Wildman–Crippen LogP) is 1.92. The highest BCUT2D eigenvalue weighted by atomic mass is 16.5. The van der Waals surface area contributed by atoms with Gasteiger partial charge >= 0.3 is 0 Å². The highest BCUT2D eigenvalue weighted by Crippen LogP contribution is 2.14. The zero-order valence-electron chi connectivity index (χ0n) is 10.2. The molecule has 2 N–H and O–H groups in total. The Bertz CT molecular complexity index is 523. The SMILES string of the molecule is CCN(Cc1ccccc1N)C(=O)c1ccon1. The normalized spacial score (nSPS) is 10.3. The van der Waals surface area contributed by atoms with E-state index >= 15 is 0 Å². The molecule has 0 spiro atoms. The Balaban J connectivity index is 2.15. The van der Waals surface area contributed by atoms with Gasteiger partial charge in [-0.25, -0.2) is 0 Å². The maximum absolute atomic E-state index is 12.1. The van der Waals surface area contributed by atoms with Crippen LogP contribution in [0.25, 0.3) is 0 Å². The van der Waals surface area contributed by atoms with Crippen LogP contribution in [0.2, 0.25) is 0 Å². The molecule has 0 unspecified atom stereocenters. The van der Waals surface area contributed by atoms with E-state index in [1.807, 2.05) is 31.2 Å². The molecule has 2 aromatic rings. The molecule has 0 atom stereocenters. The van der Waals surface area contributed by atoms with E-state index in [0.29, 0.717) is 24.5 Å². The van der Waals surface area contributed by atoms with Gasteiger partial charge in [0, 0.05) is 24.8 Å². The molecule has 0 aliphatic carbocycles. The number of para-hydroxylation sites is 1. The number of hydrogen-bond acceptors (Lipinski definition) is 4. The number of nitrogen functional groups attached to an aromatic ring is 1. The summed E-state index contributed by atoms with van der Waals surface area (Å²) in [5.41, 5.74) is 7.79. The molecule has 18 heavy (non-hydrogen) atoms. The monoisotopic (exact) mass is 245 g/mol. The van der Waals surface area contributed by atoms with Gasteiger partial charge in [0.1, 0.15) is 6.26 Å². The molecule has 94 valence electrons. The van der Waals surface area contributed by atoms with Crippen LogP contribution in [0.4, 0.5) is 5.69 Å². The third-order valence-corrected chi connectivity index (χ3v) is 2.74. The van der Waals surface area contributed by atoms with Crippen molar-refractivity contribution in [1.82, 2.24) is 10.1 Å². The summed E-state index contributed by atoms with van der Waals surface area (Å²) in [4.78, 5) is 13.8. The zero-order chi connectivity index (χ0) is 13.0. The van der Waals surface area contributed by atoms with Gasteiger partial charge in [0.15, 0.2) is 5.69 Å². The van der Waals surface area contributed by atoms with Crippen LogP contribution < -0.4 is 5.73 Å². The number of aromatic nitrogens is 1. The van der Waals surface area contributed by atoms with E-state index < -0.39 is 0 Å². The molecule has 0 saturated heterocycles. The Kier molecular flexibility index (Phi) is 3.62. The van der Waals surface area contributed by atoms with Gasteiger partial charge in [-0.1, -0.05) is 23.4 Å². The Morgan fingerprint density at radius 1 is 1.39 bits per heavy atom. The van der Waals surface area contributed by atoms with Gasteiger partial charge in [-0.15, -0.1) is 0 Å². The van der Waals surface area contributed by atoms with Crippen molar-refractivity contribution in [3.63, 3.8) is 0 Å². The fraction of sp³-hybridized carbons (Fsp3) is 0.231. The Morgan fingerprint density at radius 3 is 2.78 bits per heavy atom. The van der Waals surface area contributed by atoms with Crippen molar-refractivity contribution in [2.45, 2.75) is 13.5 Å². The van der Waals surface area contributed by atoms with Crippen LogP contribution in [0, 0.1) is 0 Å². The molecule has 2 rings (SSSR count). The van der Waals surface area contributed by atoms with Crippen LogP contribution in [-0.2, 0) is 6.54 Å². The highest BCUT2D eigenvalue weighted by molar-refractivity contribution is 5.92. The summed E-state index contributed by atoms with van der Waals surface area (Å²) in [6.45, 7) is 2.96. The van der Waals surface area contributed by atoms with E-state index in [1.54, 1.807) is 11.0 Å². The van der Waals surface area contributed by atoms with E-state index in [4.69, 9.17) is 5.73 Å². The fourth-order valence-electron chi connectivity index (χ4n) is 1.70. The lowest BCUT2D eigenvalue weighted by molar-refractivity contribution is 0.0742. The number of amides is 1. The lowest BCUT2D eigenvalue weighted by Gasteiger charge is -2.20. The van der Waals surface area contributed by atoms with E-state index in [1.165, 1.54) is 6.26 Å². The van der Waals surface area contributed by atoms with Crippen LogP contribution in [0.3, 0.4) is 0 Å². The third-order valence-electron chi connectivity index (χ3n) is 2.74. The van der Waals surface area contributed by atoms with Gasteiger partial charge in [-0.3, -0.25) is 4.79 Å². The number of benzene rings is 1. The molecular formula is C13H15N3O2. The second-order valence-electron chi connectivity index (χ2n) is 3.90. The first kappa shape index (κ1) is 12.2. The van der Waals surface area contributed by atoms with Crippen molar-refractivity contribution >= 4 is 11.6 Å². The second kappa shape index (κ2) is 5.35. The maximum atomic E-state index is 12.1. The minimum atomic E-state index is -0.158. The lowest BCUT2D eigenvalue weighted by atomic mass is 10.1. The number of carbonyl (C=O) groups excluding carboxylic acids is 1. The number of rotatable bonds is 4. The van der Waals surface area contributed by atoms with Crippen LogP contribution in [0.15, 0.2) is 41.1 Å². The van der Waals surface area contributed by atoms with Gasteiger partial charge in [-0.2, -0.15) is 0 Å². The number of hydrogen-bond donors (Lipinski definition) is 1. The minimum Gasteiger partial charge on any atom is -0.398 e.